The molecule has 28 heavy (non-hydrogen) atoms. The highest BCUT2D eigenvalue weighted by Gasteiger charge is 2.30. The number of nitrogens with one attached hydrogen (secondary N) is 1. The van der Waals surface area contributed by atoms with E-state index in [1.807, 2.05) is 32.0 Å². The molecule has 0 saturated carbocycles. The minimum absolute atomic E-state index is 0.0658. The van der Waals surface area contributed by atoms with Gasteiger partial charge in [0, 0.05) is 31.9 Å². The number of piperazine rings is 1. The van der Waals surface area contributed by atoms with Crippen LogP contribution in [-0.2, 0) is 14.8 Å². The number of anilines is 1. The SMILES string of the molecule is Cc1cccc(C)c1NCC(=O)N1CCN(S(=O)(=O)c2cccc(F)c2)CC1. The van der Waals surface area contributed by atoms with Crippen molar-refractivity contribution in [1.29, 1.82) is 0 Å². The highest BCUT2D eigenvalue weighted by Crippen LogP contribution is 2.20. The zero-order chi connectivity index (χ0) is 20.3. The van der Waals surface area contributed by atoms with Crippen LogP contribution in [0.2, 0.25) is 0 Å². The molecule has 1 saturated heterocycles. The van der Waals surface area contributed by atoms with Crippen LogP contribution in [0.3, 0.4) is 0 Å². The topological polar surface area (TPSA) is 69.7 Å². The summed E-state index contributed by atoms with van der Waals surface area (Å²) in [4.78, 5) is 14.1. The molecule has 2 aromatic carbocycles. The van der Waals surface area contributed by atoms with Crippen molar-refractivity contribution in [3.05, 3.63) is 59.4 Å². The van der Waals surface area contributed by atoms with E-state index in [0.717, 1.165) is 22.9 Å². The number of rotatable bonds is 5. The molecule has 1 heterocycles. The molecule has 6 nitrogen and oxygen atoms in total. The van der Waals surface area contributed by atoms with Crippen LogP contribution in [0.25, 0.3) is 0 Å². The average molecular weight is 405 g/mol. The number of carbonyl (C=O) groups excluding carboxylic acids is 1. The first-order chi connectivity index (χ1) is 13.3. The molecule has 1 N–H and O–H groups in total. The average Bonchev–Trinajstić information content (AvgIpc) is 2.67. The van der Waals surface area contributed by atoms with Crippen LogP contribution in [-0.4, -0.2) is 56.3 Å². The molecule has 0 radical (unpaired) electrons. The van der Waals surface area contributed by atoms with E-state index in [1.54, 1.807) is 4.90 Å². The number of sulfonamides is 1. The van der Waals surface area contributed by atoms with Gasteiger partial charge in [0.05, 0.1) is 11.4 Å². The van der Waals surface area contributed by atoms with Gasteiger partial charge >= 0.3 is 0 Å². The Morgan fingerprint density at radius 2 is 1.64 bits per heavy atom. The van der Waals surface area contributed by atoms with Crippen molar-refractivity contribution >= 4 is 21.6 Å². The maximum absolute atomic E-state index is 13.4. The Morgan fingerprint density at radius 3 is 2.25 bits per heavy atom. The zero-order valence-electron chi connectivity index (χ0n) is 16.0. The summed E-state index contributed by atoms with van der Waals surface area (Å²) in [7, 11) is -3.76. The summed E-state index contributed by atoms with van der Waals surface area (Å²) >= 11 is 0. The lowest BCUT2D eigenvalue weighted by Crippen LogP contribution is -2.51. The number of hydrogen-bond acceptors (Lipinski definition) is 4. The maximum atomic E-state index is 13.4. The van der Waals surface area contributed by atoms with Crippen LogP contribution in [0.1, 0.15) is 11.1 Å². The van der Waals surface area contributed by atoms with Gasteiger partial charge in [-0.25, -0.2) is 12.8 Å². The van der Waals surface area contributed by atoms with Crippen LogP contribution >= 0.6 is 0 Å². The molecule has 150 valence electrons. The third-order valence-electron chi connectivity index (χ3n) is 4.92. The van der Waals surface area contributed by atoms with Crippen molar-refractivity contribution < 1.29 is 17.6 Å². The van der Waals surface area contributed by atoms with Crippen molar-refractivity contribution in [2.75, 3.05) is 38.0 Å². The van der Waals surface area contributed by atoms with E-state index in [2.05, 4.69) is 5.32 Å². The number of halogens is 1. The number of nitrogens with zero attached hydrogens (tertiary/aromatic N) is 2. The van der Waals surface area contributed by atoms with E-state index in [4.69, 9.17) is 0 Å². The Hall–Kier alpha value is -2.45. The summed E-state index contributed by atoms with van der Waals surface area (Å²) in [6.45, 7) is 5.11. The quantitative estimate of drug-likeness (QED) is 0.829. The van der Waals surface area contributed by atoms with Crippen molar-refractivity contribution in [1.82, 2.24) is 9.21 Å². The van der Waals surface area contributed by atoms with Crippen molar-refractivity contribution in [3.63, 3.8) is 0 Å². The Balaban J connectivity index is 1.58. The number of amides is 1. The smallest absolute Gasteiger partial charge is 0.243 e. The predicted molar refractivity (Wildman–Crippen MR) is 106 cm³/mol. The standard InChI is InChI=1S/C20H24FN3O3S/c1-15-5-3-6-16(2)20(15)22-14-19(25)23-9-11-24(12-10-23)28(26,27)18-8-4-7-17(21)13-18/h3-8,13,22H,9-12,14H2,1-2H3. The normalized spacial score (nSPS) is 15.5. The lowest BCUT2D eigenvalue weighted by molar-refractivity contribution is -0.130. The van der Waals surface area contributed by atoms with Gasteiger partial charge in [-0.1, -0.05) is 24.3 Å². The molecule has 0 atom stereocenters. The third-order valence-corrected chi connectivity index (χ3v) is 6.82. The van der Waals surface area contributed by atoms with Gasteiger partial charge in [0.25, 0.3) is 0 Å². The summed E-state index contributed by atoms with van der Waals surface area (Å²) in [5.41, 5.74) is 3.08. The molecule has 0 spiro atoms. The second-order valence-corrected chi connectivity index (χ2v) is 8.80. The highest BCUT2D eigenvalue weighted by atomic mass is 32.2. The number of benzene rings is 2. The molecular weight excluding hydrogens is 381 g/mol. The van der Waals surface area contributed by atoms with Crippen LogP contribution in [0.4, 0.5) is 10.1 Å². The van der Waals surface area contributed by atoms with Crippen molar-refractivity contribution in [2.45, 2.75) is 18.7 Å². The third kappa shape index (κ3) is 4.34. The van der Waals surface area contributed by atoms with E-state index in [-0.39, 0.29) is 30.4 Å². The molecule has 0 unspecified atom stereocenters. The molecule has 2 aromatic rings. The van der Waals surface area contributed by atoms with E-state index in [1.165, 1.54) is 22.5 Å². The maximum Gasteiger partial charge on any atom is 0.243 e. The minimum atomic E-state index is -3.76. The first kappa shape index (κ1) is 20.3. The Labute approximate surface area is 165 Å². The Kier molecular flexibility index (Phi) is 6.00. The molecule has 0 aliphatic carbocycles. The molecule has 1 aliphatic heterocycles. The number of hydrogen-bond donors (Lipinski definition) is 1. The first-order valence-electron chi connectivity index (χ1n) is 9.12. The van der Waals surface area contributed by atoms with Gasteiger partial charge in [-0.2, -0.15) is 4.31 Å². The predicted octanol–water partition coefficient (Wildman–Crippen LogP) is 2.39. The monoisotopic (exact) mass is 405 g/mol. The summed E-state index contributed by atoms with van der Waals surface area (Å²) in [6.07, 6.45) is 0. The molecule has 8 heteroatoms. The second-order valence-electron chi connectivity index (χ2n) is 6.86. The lowest BCUT2D eigenvalue weighted by atomic mass is 10.1. The summed E-state index contributed by atoms with van der Waals surface area (Å²) in [6, 6.07) is 10.9. The number of carbonyl (C=O) groups is 1. The van der Waals surface area contributed by atoms with E-state index >= 15 is 0 Å². The van der Waals surface area contributed by atoms with Gasteiger partial charge in [0.15, 0.2) is 0 Å². The fourth-order valence-corrected chi connectivity index (χ4v) is 4.78. The minimum Gasteiger partial charge on any atom is -0.376 e. The largest absolute Gasteiger partial charge is 0.376 e. The summed E-state index contributed by atoms with van der Waals surface area (Å²) in [5, 5.41) is 3.19. The molecule has 1 fully saturated rings. The van der Waals surface area contributed by atoms with Gasteiger partial charge in [-0.3, -0.25) is 4.79 Å². The second kappa shape index (κ2) is 8.28. The van der Waals surface area contributed by atoms with Gasteiger partial charge in [0.1, 0.15) is 5.82 Å². The molecule has 1 amide bonds. The van der Waals surface area contributed by atoms with Gasteiger partial charge in [0.2, 0.25) is 15.9 Å². The van der Waals surface area contributed by atoms with Crippen LogP contribution in [0.15, 0.2) is 47.4 Å². The fourth-order valence-electron chi connectivity index (χ4n) is 3.32. The Morgan fingerprint density at radius 1 is 1.04 bits per heavy atom. The van der Waals surface area contributed by atoms with Crippen molar-refractivity contribution in [2.24, 2.45) is 0 Å². The van der Waals surface area contributed by atoms with E-state index in [0.29, 0.717) is 13.1 Å². The van der Waals surface area contributed by atoms with Gasteiger partial charge in [-0.05, 0) is 43.2 Å². The molecule has 1 aliphatic rings. The Bertz CT molecular complexity index is 950. The van der Waals surface area contributed by atoms with E-state index in [9.17, 15) is 17.6 Å². The lowest BCUT2D eigenvalue weighted by Gasteiger charge is -2.34. The van der Waals surface area contributed by atoms with E-state index < -0.39 is 15.8 Å². The van der Waals surface area contributed by atoms with Crippen LogP contribution < -0.4 is 5.32 Å². The number of aryl methyl sites for hydroxylation is 2. The molecule has 3 rings (SSSR count). The fraction of sp³-hybridized carbons (Fsp3) is 0.350. The molecule has 0 bridgehead atoms. The van der Waals surface area contributed by atoms with Crippen LogP contribution in [0, 0.1) is 19.7 Å². The van der Waals surface area contributed by atoms with Gasteiger partial charge in [-0.15, -0.1) is 0 Å². The van der Waals surface area contributed by atoms with Crippen molar-refractivity contribution in [3.8, 4) is 0 Å². The molecular formula is C20H24FN3O3S. The molecule has 0 aromatic heterocycles. The summed E-state index contributed by atoms with van der Waals surface area (Å²) < 4.78 is 40.0. The highest BCUT2D eigenvalue weighted by molar-refractivity contribution is 7.89. The first-order valence-corrected chi connectivity index (χ1v) is 10.6. The zero-order valence-corrected chi connectivity index (χ0v) is 16.8. The van der Waals surface area contributed by atoms with Gasteiger partial charge < -0.3 is 10.2 Å². The summed E-state index contributed by atoms with van der Waals surface area (Å²) in [5.74, 6) is -0.669. The number of para-hydroxylation sites is 1. The van der Waals surface area contributed by atoms with Crippen LogP contribution in [0.5, 0.6) is 0 Å².